The first-order chi connectivity index (χ1) is 10.7. The topological polar surface area (TPSA) is 21.3 Å². The molecule has 22 heavy (non-hydrogen) atoms. The van der Waals surface area contributed by atoms with E-state index in [1.54, 1.807) is 0 Å². The smallest absolute Gasteiger partial charge is 0.125 e. The molecule has 1 aliphatic rings. The van der Waals surface area contributed by atoms with Gasteiger partial charge in [-0.25, -0.2) is 0 Å². The van der Waals surface area contributed by atoms with Crippen LogP contribution in [-0.4, -0.2) is 13.1 Å². The minimum atomic E-state index is 0.632. The van der Waals surface area contributed by atoms with Gasteiger partial charge in [0.05, 0.1) is 0 Å². The third-order valence-corrected chi connectivity index (χ3v) is 4.48. The van der Waals surface area contributed by atoms with E-state index < -0.39 is 0 Å². The normalized spacial score (nSPS) is 18.2. The number of nitrogens with one attached hydrogen (secondary N) is 1. The van der Waals surface area contributed by atoms with Crippen LogP contribution in [0.4, 0.5) is 0 Å². The number of rotatable bonds is 4. The van der Waals surface area contributed by atoms with Crippen LogP contribution in [0.1, 0.15) is 41.0 Å². The molecule has 1 unspecified atom stereocenters. The highest BCUT2D eigenvalue weighted by Crippen LogP contribution is 2.31. The molecule has 0 spiro atoms. The lowest BCUT2D eigenvalue weighted by Gasteiger charge is -2.24. The maximum Gasteiger partial charge on any atom is 0.125 e. The van der Waals surface area contributed by atoms with Gasteiger partial charge in [-0.1, -0.05) is 42.5 Å². The van der Waals surface area contributed by atoms with Crippen LogP contribution in [-0.2, 0) is 6.61 Å². The fourth-order valence-corrected chi connectivity index (χ4v) is 3.31. The fourth-order valence-electron chi connectivity index (χ4n) is 3.31. The van der Waals surface area contributed by atoms with E-state index in [-0.39, 0.29) is 0 Å². The molecule has 1 saturated heterocycles. The molecule has 2 aromatic rings. The van der Waals surface area contributed by atoms with Crippen molar-refractivity contribution in [2.45, 2.75) is 39.2 Å². The van der Waals surface area contributed by atoms with Crippen LogP contribution in [0.5, 0.6) is 5.75 Å². The summed E-state index contributed by atoms with van der Waals surface area (Å²) in [5, 5.41) is 3.50. The van der Waals surface area contributed by atoms with Gasteiger partial charge in [0.15, 0.2) is 0 Å². The Morgan fingerprint density at radius 3 is 2.45 bits per heavy atom. The van der Waals surface area contributed by atoms with Crippen LogP contribution in [0.15, 0.2) is 42.5 Å². The standard InChI is InChI=1S/C20H25NO/c1-15-11-19(18-9-6-10-21-13-18)12-16(2)20(15)22-14-17-7-4-3-5-8-17/h3-5,7-8,11-12,18,21H,6,9-10,13-14H2,1-2H3. The molecule has 0 radical (unpaired) electrons. The van der Waals surface area contributed by atoms with E-state index in [9.17, 15) is 0 Å². The molecule has 0 aliphatic carbocycles. The number of piperidine rings is 1. The second-order valence-corrected chi connectivity index (χ2v) is 6.30. The Bertz CT molecular complexity index is 592. The minimum Gasteiger partial charge on any atom is -0.488 e. The van der Waals surface area contributed by atoms with Gasteiger partial charge in [0.25, 0.3) is 0 Å². The van der Waals surface area contributed by atoms with E-state index >= 15 is 0 Å². The molecule has 2 heteroatoms. The average Bonchev–Trinajstić information content (AvgIpc) is 2.56. The predicted octanol–water partition coefficient (Wildman–Crippen LogP) is 4.35. The van der Waals surface area contributed by atoms with Gasteiger partial charge in [-0.2, -0.15) is 0 Å². The first-order valence-electron chi connectivity index (χ1n) is 8.22. The first-order valence-corrected chi connectivity index (χ1v) is 8.22. The monoisotopic (exact) mass is 295 g/mol. The van der Waals surface area contributed by atoms with Crippen LogP contribution in [0.25, 0.3) is 0 Å². The van der Waals surface area contributed by atoms with Crippen LogP contribution >= 0.6 is 0 Å². The third-order valence-electron chi connectivity index (χ3n) is 4.48. The Hall–Kier alpha value is -1.80. The van der Waals surface area contributed by atoms with Crippen molar-refractivity contribution < 1.29 is 4.74 Å². The summed E-state index contributed by atoms with van der Waals surface area (Å²) in [5.41, 5.74) is 5.16. The summed E-state index contributed by atoms with van der Waals surface area (Å²) in [5.74, 6) is 1.69. The third kappa shape index (κ3) is 3.50. The molecule has 0 aromatic heterocycles. The second kappa shape index (κ2) is 6.97. The Labute approximate surface area is 133 Å². The zero-order valence-corrected chi connectivity index (χ0v) is 13.6. The van der Waals surface area contributed by atoms with Gasteiger partial charge < -0.3 is 10.1 Å². The van der Waals surface area contributed by atoms with Crippen molar-refractivity contribution in [3.05, 3.63) is 64.7 Å². The molecule has 1 aliphatic heterocycles. The van der Waals surface area contributed by atoms with Gasteiger partial charge in [0.1, 0.15) is 12.4 Å². The maximum absolute atomic E-state index is 6.08. The van der Waals surface area contributed by atoms with Gasteiger partial charge >= 0.3 is 0 Å². The van der Waals surface area contributed by atoms with Crippen molar-refractivity contribution in [3.63, 3.8) is 0 Å². The second-order valence-electron chi connectivity index (χ2n) is 6.30. The summed E-state index contributed by atoms with van der Waals surface area (Å²) in [6.45, 7) is 7.21. The Balaban J connectivity index is 1.74. The summed E-state index contributed by atoms with van der Waals surface area (Å²) in [7, 11) is 0. The predicted molar refractivity (Wildman–Crippen MR) is 91.5 cm³/mol. The zero-order valence-electron chi connectivity index (χ0n) is 13.6. The number of ether oxygens (including phenoxy) is 1. The van der Waals surface area contributed by atoms with E-state index in [0.717, 1.165) is 18.8 Å². The zero-order chi connectivity index (χ0) is 15.4. The van der Waals surface area contributed by atoms with Gasteiger partial charge in [0.2, 0.25) is 0 Å². The van der Waals surface area contributed by atoms with E-state index in [1.165, 1.54) is 35.1 Å². The summed E-state index contributed by atoms with van der Waals surface area (Å²) in [6, 6.07) is 15.0. The lowest BCUT2D eigenvalue weighted by atomic mass is 9.89. The molecule has 1 fully saturated rings. The van der Waals surface area contributed by atoms with Gasteiger partial charge in [0, 0.05) is 6.54 Å². The highest BCUT2D eigenvalue weighted by Gasteiger charge is 2.17. The van der Waals surface area contributed by atoms with Crippen molar-refractivity contribution in [2.75, 3.05) is 13.1 Å². The van der Waals surface area contributed by atoms with Gasteiger partial charge in [-0.15, -0.1) is 0 Å². The van der Waals surface area contributed by atoms with Crippen molar-refractivity contribution in [1.29, 1.82) is 0 Å². The van der Waals surface area contributed by atoms with Crippen LogP contribution in [0, 0.1) is 13.8 Å². The molecule has 1 atom stereocenters. The lowest BCUT2D eigenvalue weighted by Crippen LogP contribution is -2.28. The number of benzene rings is 2. The number of hydrogen-bond donors (Lipinski definition) is 1. The number of aryl methyl sites for hydroxylation is 2. The molecule has 1 heterocycles. The van der Waals surface area contributed by atoms with Crippen molar-refractivity contribution in [1.82, 2.24) is 5.32 Å². The van der Waals surface area contributed by atoms with Crippen molar-refractivity contribution >= 4 is 0 Å². The van der Waals surface area contributed by atoms with E-state index in [4.69, 9.17) is 4.74 Å². The summed E-state index contributed by atoms with van der Waals surface area (Å²) >= 11 is 0. The molecule has 0 saturated carbocycles. The summed E-state index contributed by atoms with van der Waals surface area (Å²) in [6.07, 6.45) is 2.56. The van der Waals surface area contributed by atoms with Crippen LogP contribution in [0.3, 0.4) is 0 Å². The highest BCUT2D eigenvalue weighted by molar-refractivity contribution is 5.44. The Morgan fingerprint density at radius 2 is 1.82 bits per heavy atom. The molecule has 1 N–H and O–H groups in total. The molecule has 3 rings (SSSR count). The molecule has 0 amide bonds. The van der Waals surface area contributed by atoms with E-state index in [0.29, 0.717) is 12.5 Å². The summed E-state index contributed by atoms with van der Waals surface area (Å²) in [4.78, 5) is 0. The largest absolute Gasteiger partial charge is 0.488 e. The van der Waals surface area contributed by atoms with Crippen LogP contribution < -0.4 is 10.1 Å². The van der Waals surface area contributed by atoms with Gasteiger partial charge in [-0.3, -0.25) is 0 Å². The highest BCUT2D eigenvalue weighted by atomic mass is 16.5. The summed E-state index contributed by atoms with van der Waals surface area (Å²) < 4.78 is 6.08. The molecule has 2 nitrogen and oxygen atoms in total. The maximum atomic E-state index is 6.08. The average molecular weight is 295 g/mol. The van der Waals surface area contributed by atoms with Crippen molar-refractivity contribution in [2.24, 2.45) is 0 Å². The molecule has 116 valence electrons. The number of hydrogen-bond acceptors (Lipinski definition) is 2. The lowest BCUT2D eigenvalue weighted by molar-refractivity contribution is 0.301. The molecular weight excluding hydrogens is 270 g/mol. The Kier molecular flexibility index (Phi) is 4.79. The minimum absolute atomic E-state index is 0.632. The van der Waals surface area contributed by atoms with E-state index in [1.807, 2.05) is 6.07 Å². The van der Waals surface area contributed by atoms with Gasteiger partial charge in [-0.05, 0) is 61.4 Å². The fraction of sp³-hybridized carbons (Fsp3) is 0.400. The molecular formula is C20H25NO. The van der Waals surface area contributed by atoms with Crippen LogP contribution in [0.2, 0.25) is 0 Å². The first kappa shape index (κ1) is 15.1. The molecule has 2 aromatic carbocycles. The SMILES string of the molecule is Cc1cc(C2CCCNC2)cc(C)c1OCc1ccccc1. The Morgan fingerprint density at radius 1 is 1.09 bits per heavy atom. The quantitative estimate of drug-likeness (QED) is 0.905. The van der Waals surface area contributed by atoms with E-state index in [2.05, 4.69) is 55.6 Å². The molecule has 0 bridgehead atoms. The van der Waals surface area contributed by atoms with Crippen molar-refractivity contribution in [3.8, 4) is 5.75 Å².